The van der Waals surface area contributed by atoms with Crippen molar-refractivity contribution in [2.75, 3.05) is 0 Å². The molecule has 0 saturated carbocycles. The monoisotopic (exact) mass is 280 g/mol. The first kappa shape index (κ1) is 12.8. The van der Waals surface area contributed by atoms with Gasteiger partial charge in [0.05, 0.1) is 5.52 Å². The van der Waals surface area contributed by atoms with Crippen LogP contribution >= 0.6 is 11.8 Å². The molecule has 0 spiro atoms. The maximum atomic E-state index is 11.7. The summed E-state index contributed by atoms with van der Waals surface area (Å²) in [4.78, 5) is 21.2. The van der Waals surface area contributed by atoms with Gasteiger partial charge in [0.15, 0.2) is 5.78 Å². The molecule has 3 rings (SSSR count). The predicted octanol–water partition coefficient (Wildman–Crippen LogP) is 3.98. The lowest BCUT2D eigenvalue weighted by molar-refractivity contribution is 0.101. The van der Waals surface area contributed by atoms with E-state index < -0.39 is 0 Å². The molecule has 2 aromatic carbocycles. The SMILES string of the molecule is CC(=O)c1ccccc1Sc1ncnc2ccccc12. The highest BCUT2D eigenvalue weighted by molar-refractivity contribution is 7.99. The fourth-order valence-corrected chi connectivity index (χ4v) is 3.07. The standard InChI is InChI=1S/C16H12N2OS/c1-11(19)12-6-3-5-9-15(12)20-16-13-7-2-4-8-14(13)17-10-18-16/h2-10H,1H3. The third-order valence-corrected chi connectivity index (χ3v) is 4.07. The van der Waals surface area contributed by atoms with E-state index in [9.17, 15) is 4.79 Å². The molecule has 20 heavy (non-hydrogen) atoms. The summed E-state index contributed by atoms with van der Waals surface area (Å²) >= 11 is 1.50. The molecule has 0 aliphatic carbocycles. The fourth-order valence-electron chi connectivity index (χ4n) is 2.01. The largest absolute Gasteiger partial charge is 0.294 e. The van der Waals surface area contributed by atoms with E-state index in [0.29, 0.717) is 0 Å². The topological polar surface area (TPSA) is 42.9 Å². The first-order valence-corrected chi connectivity index (χ1v) is 7.05. The van der Waals surface area contributed by atoms with Crippen LogP contribution in [0.5, 0.6) is 0 Å². The van der Waals surface area contributed by atoms with Gasteiger partial charge >= 0.3 is 0 Å². The minimum absolute atomic E-state index is 0.0615. The van der Waals surface area contributed by atoms with E-state index in [-0.39, 0.29) is 5.78 Å². The van der Waals surface area contributed by atoms with Crippen molar-refractivity contribution in [3.05, 3.63) is 60.4 Å². The second-order valence-corrected chi connectivity index (χ2v) is 5.38. The average Bonchev–Trinajstić information content (AvgIpc) is 2.48. The third kappa shape index (κ3) is 2.42. The zero-order valence-corrected chi connectivity index (χ0v) is 11.7. The van der Waals surface area contributed by atoms with Crippen LogP contribution in [0.1, 0.15) is 17.3 Å². The Morgan fingerprint density at radius 1 is 1.00 bits per heavy atom. The Morgan fingerprint density at radius 3 is 2.60 bits per heavy atom. The van der Waals surface area contributed by atoms with Crippen LogP contribution in [-0.2, 0) is 0 Å². The van der Waals surface area contributed by atoms with E-state index in [0.717, 1.165) is 26.4 Å². The van der Waals surface area contributed by atoms with Crippen LogP contribution in [0.3, 0.4) is 0 Å². The van der Waals surface area contributed by atoms with Gasteiger partial charge in [0.2, 0.25) is 0 Å². The van der Waals surface area contributed by atoms with Gasteiger partial charge in [-0.15, -0.1) is 0 Å². The molecule has 0 atom stereocenters. The van der Waals surface area contributed by atoms with Crippen LogP contribution in [0.25, 0.3) is 10.9 Å². The summed E-state index contributed by atoms with van der Waals surface area (Å²) in [6.07, 6.45) is 1.56. The quantitative estimate of drug-likeness (QED) is 0.537. The zero-order valence-electron chi connectivity index (χ0n) is 10.9. The second kappa shape index (κ2) is 5.43. The van der Waals surface area contributed by atoms with E-state index in [2.05, 4.69) is 9.97 Å². The van der Waals surface area contributed by atoms with Crippen molar-refractivity contribution in [1.82, 2.24) is 9.97 Å². The molecule has 0 radical (unpaired) electrons. The molecule has 0 N–H and O–H groups in total. The molecule has 0 amide bonds. The average molecular weight is 280 g/mol. The summed E-state index contributed by atoms with van der Waals surface area (Å²) in [5, 5.41) is 1.86. The van der Waals surface area contributed by atoms with Crippen LogP contribution in [-0.4, -0.2) is 15.8 Å². The second-order valence-electron chi connectivity index (χ2n) is 4.35. The van der Waals surface area contributed by atoms with Gasteiger partial charge in [0.1, 0.15) is 11.4 Å². The molecular formula is C16H12N2OS. The highest BCUT2D eigenvalue weighted by Gasteiger charge is 2.10. The number of para-hydroxylation sites is 1. The number of fused-ring (bicyclic) bond motifs is 1. The third-order valence-electron chi connectivity index (χ3n) is 2.98. The molecule has 3 aromatic rings. The number of rotatable bonds is 3. The lowest BCUT2D eigenvalue weighted by atomic mass is 10.1. The Labute approximate surface area is 121 Å². The number of benzene rings is 2. The lowest BCUT2D eigenvalue weighted by Gasteiger charge is -2.07. The van der Waals surface area contributed by atoms with Gasteiger partial charge in [-0.1, -0.05) is 48.2 Å². The van der Waals surface area contributed by atoms with E-state index >= 15 is 0 Å². The predicted molar refractivity (Wildman–Crippen MR) is 80.1 cm³/mol. The van der Waals surface area contributed by atoms with Gasteiger partial charge in [-0.2, -0.15) is 0 Å². The van der Waals surface area contributed by atoms with Gasteiger partial charge in [-0.3, -0.25) is 4.79 Å². The Bertz CT molecular complexity index is 781. The summed E-state index contributed by atoms with van der Waals surface area (Å²) in [7, 11) is 0. The maximum Gasteiger partial charge on any atom is 0.160 e. The van der Waals surface area contributed by atoms with Gasteiger partial charge in [0, 0.05) is 15.8 Å². The van der Waals surface area contributed by atoms with E-state index in [1.165, 1.54) is 11.8 Å². The number of hydrogen-bond acceptors (Lipinski definition) is 4. The number of carbonyl (C=O) groups excluding carboxylic acids is 1. The van der Waals surface area contributed by atoms with Crippen LogP contribution < -0.4 is 0 Å². The molecule has 0 bridgehead atoms. The Kier molecular flexibility index (Phi) is 3.48. The normalized spacial score (nSPS) is 10.7. The Hall–Kier alpha value is -2.20. The van der Waals surface area contributed by atoms with Gasteiger partial charge in [0.25, 0.3) is 0 Å². The van der Waals surface area contributed by atoms with Crippen LogP contribution in [0.15, 0.2) is 64.8 Å². The number of Topliss-reactive ketones (excluding diaryl/α,β-unsaturated/α-hetero) is 1. The van der Waals surface area contributed by atoms with E-state index in [4.69, 9.17) is 0 Å². The summed E-state index contributed by atoms with van der Waals surface area (Å²) in [5.74, 6) is 0.0615. The molecule has 1 aromatic heterocycles. The van der Waals surface area contributed by atoms with E-state index in [1.807, 2.05) is 48.5 Å². The van der Waals surface area contributed by atoms with Crippen LogP contribution in [0.4, 0.5) is 0 Å². The number of aromatic nitrogens is 2. The summed E-state index contributed by atoms with van der Waals surface area (Å²) < 4.78 is 0. The smallest absolute Gasteiger partial charge is 0.160 e. The number of carbonyl (C=O) groups is 1. The first-order valence-electron chi connectivity index (χ1n) is 6.23. The molecule has 0 aliphatic heterocycles. The van der Waals surface area contributed by atoms with Crippen LogP contribution in [0.2, 0.25) is 0 Å². The Balaban J connectivity index is 2.08. The number of nitrogens with zero attached hydrogens (tertiary/aromatic N) is 2. The molecule has 4 heteroatoms. The highest BCUT2D eigenvalue weighted by atomic mass is 32.2. The number of ketones is 1. The van der Waals surface area contributed by atoms with Crippen molar-refractivity contribution < 1.29 is 4.79 Å². The summed E-state index contributed by atoms with van der Waals surface area (Å²) in [6.45, 7) is 1.58. The minimum Gasteiger partial charge on any atom is -0.294 e. The Morgan fingerprint density at radius 2 is 1.75 bits per heavy atom. The molecule has 98 valence electrons. The molecule has 0 fully saturated rings. The maximum absolute atomic E-state index is 11.7. The van der Waals surface area contributed by atoms with Crippen molar-refractivity contribution in [3.8, 4) is 0 Å². The molecule has 1 heterocycles. The molecular weight excluding hydrogens is 268 g/mol. The molecule has 0 unspecified atom stereocenters. The molecule has 0 saturated heterocycles. The van der Waals surface area contributed by atoms with Crippen molar-refractivity contribution in [2.45, 2.75) is 16.8 Å². The lowest BCUT2D eigenvalue weighted by Crippen LogP contribution is -1.95. The van der Waals surface area contributed by atoms with Crippen molar-refractivity contribution >= 4 is 28.4 Å². The van der Waals surface area contributed by atoms with Gasteiger partial charge in [-0.25, -0.2) is 9.97 Å². The molecule has 0 aliphatic rings. The minimum atomic E-state index is 0.0615. The van der Waals surface area contributed by atoms with Crippen molar-refractivity contribution in [3.63, 3.8) is 0 Å². The van der Waals surface area contributed by atoms with Gasteiger partial charge in [-0.05, 0) is 19.1 Å². The van der Waals surface area contributed by atoms with Gasteiger partial charge < -0.3 is 0 Å². The highest BCUT2D eigenvalue weighted by Crippen LogP contribution is 2.33. The van der Waals surface area contributed by atoms with E-state index in [1.54, 1.807) is 13.3 Å². The van der Waals surface area contributed by atoms with Crippen molar-refractivity contribution in [1.29, 1.82) is 0 Å². The fraction of sp³-hybridized carbons (Fsp3) is 0.0625. The van der Waals surface area contributed by atoms with Crippen LogP contribution in [0, 0.1) is 0 Å². The zero-order chi connectivity index (χ0) is 13.9. The molecule has 3 nitrogen and oxygen atoms in total. The number of hydrogen-bond donors (Lipinski definition) is 0. The van der Waals surface area contributed by atoms with Crippen molar-refractivity contribution in [2.24, 2.45) is 0 Å². The summed E-state index contributed by atoms with van der Waals surface area (Å²) in [5.41, 5.74) is 1.63. The first-order chi connectivity index (χ1) is 9.75. The summed E-state index contributed by atoms with van der Waals surface area (Å²) in [6, 6.07) is 15.5.